The molecule has 1 aliphatic rings. The Morgan fingerprint density at radius 1 is 1.56 bits per heavy atom. The van der Waals surface area contributed by atoms with Crippen molar-refractivity contribution in [2.24, 2.45) is 11.7 Å². The fourth-order valence-corrected chi connectivity index (χ4v) is 1.72. The van der Waals surface area contributed by atoms with Gasteiger partial charge in [-0.2, -0.15) is 0 Å². The Bertz CT molecular complexity index is 205. The van der Waals surface area contributed by atoms with Crippen LogP contribution in [0.3, 0.4) is 0 Å². The van der Waals surface area contributed by atoms with Gasteiger partial charge in [0.2, 0.25) is 5.91 Å². The molecular weight excluding hydrogens is 208 g/mol. The normalized spacial score (nSPS) is 22.8. The molecule has 0 aromatic carbocycles. The summed E-state index contributed by atoms with van der Waals surface area (Å²) in [4.78, 5) is 11.7. The molecule has 0 spiro atoms. The summed E-state index contributed by atoms with van der Waals surface area (Å²) in [5.41, 5.74) is 5.55. The molecule has 0 aromatic rings. The molecule has 1 rings (SSSR count). The number of hydrogen-bond acceptors (Lipinski definition) is 4. The van der Waals surface area contributed by atoms with Crippen LogP contribution >= 0.6 is 0 Å². The number of amides is 1. The van der Waals surface area contributed by atoms with E-state index in [4.69, 9.17) is 15.2 Å². The van der Waals surface area contributed by atoms with Crippen LogP contribution in [0.25, 0.3) is 0 Å². The molecule has 1 heterocycles. The molecule has 2 unspecified atom stereocenters. The largest absolute Gasteiger partial charge is 0.376 e. The summed E-state index contributed by atoms with van der Waals surface area (Å²) in [6.07, 6.45) is 1.79. The lowest BCUT2D eigenvalue weighted by Crippen LogP contribution is -2.43. The first kappa shape index (κ1) is 13.4. The maximum Gasteiger partial charge on any atom is 0.224 e. The topological polar surface area (TPSA) is 73.6 Å². The van der Waals surface area contributed by atoms with Gasteiger partial charge in [0.15, 0.2) is 0 Å². The van der Waals surface area contributed by atoms with Crippen LogP contribution in [0.4, 0.5) is 0 Å². The van der Waals surface area contributed by atoms with Gasteiger partial charge in [0.25, 0.3) is 0 Å². The van der Waals surface area contributed by atoms with Gasteiger partial charge in [-0.3, -0.25) is 4.79 Å². The van der Waals surface area contributed by atoms with Crippen molar-refractivity contribution < 1.29 is 14.3 Å². The molecule has 5 nitrogen and oxygen atoms in total. The van der Waals surface area contributed by atoms with E-state index in [9.17, 15) is 4.79 Å². The maximum atomic E-state index is 11.7. The van der Waals surface area contributed by atoms with E-state index in [0.717, 1.165) is 12.8 Å². The molecular formula is C11H22N2O3. The molecule has 2 atom stereocenters. The van der Waals surface area contributed by atoms with Crippen molar-refractivity contribution in [1.82, 2.24) is 5.32 Å². The summed E-state index contributed by atoms with van der Waals surface area (Å²) in [5, 5.41) is 2.86. The van der Waals surface area contributed by atoms with Crippen molar-refractivity contribution >= 4 is 5.91 Å². The Labute approximate surface area is 96.7 Å². The van der Waals surface area contributed by atoms with Gasteiger partial charge >= 0.3 is 0 Å². The molecule has 0 bridgehead atoms. The lowest BCUT2D eigenvalue weighted by molar-refractivity contribution is -0.127. The Morgan fingerprint density at radius 2 is 2.38 bits per heavy atom. The predicted molar refractivity (Wildman–Crippen MR) is 61.0 cm³/mol. The summed E-state index contributed by atoms with van der Waals surface area (Å²) < 4.78 is 10.7. The smallest absolute Gasteiger partial charge is 0.224 e. The van der Waals surface area contributed by atoms with Gasteiger partial charge in [0.1, 0.15) is 0 Å². The molecule has 3 N–H and O–H groups in total. The lowest BCUT2D eigenvalue weighted by Gasteiger charge is -2.24. The van der Waals surface area contributed by atoms with E-state index in [1.807, 2.05) is 6.92 Å². The SMILES string of the molecule is CCCC(CN)C(=O)NCC1COCCO1. The minimum Gasteiger partial charge on any atom is -0.376 e. The minimum atomic E-state index is -0.0745. The summed E-state index contributed by atoms with van der Waals surface area (Å²) in [7, 11) is 0. The Balaban J connectivity index is 2.21. The summed E-state index contributed by atoms with van der Waals surface area (Å²) >= 11 is 0. The highest BCUT2D eigenvalue weighted by molar-refractivity contribution is 5.78. The average molecular weight is 230 g/mol. The quantitative estimate of drug-likeness (QED) is 0.668. The van der Waals surface area contributed by atoms with Crippen LogP contribution in [0, 0.1) is 5.92 Å². The van der Waals surface area contributed by atoms with E-state index in [1.54, 1.807) is 0 Å². The molecule has 1 saturated heterocycles. The molecule has 0 aromatic heterocycles. The Hall–Kier alpha value is -0.650. The predicted octanol–water partition coefficient (Wildman–Crippen LogP) is -0.107. The minimum absolute atomic E-state index is 0.0160. The van der Waals surface area contributed by atoms with Crippen molar-refractivity contribution in [2.45, 2.75) is 25.9 Å². The highest BCUT2D eigenvalue weighted by Gasteiger charge is 2.19. The molecule has 94 valence electrons. The van der Waals surface area contributed by atoms with Crippen LogP contribution in [0.15, 0.2) is 0 Å². The first-order valence-corrected chi connectivity index (χ1v) is 5.95. The zero-order valence-corrected chi connectivity index (χ0v) is 9.91. The van der Waals surface area contributed by atoms with Gasteiger partial charge in [-0.1, -0.05) is 13.3 Å². The molecule has 1 fully saturated rings. The first-order valence-electron chi connectivity index (χ1n) is 5.95. The number of nitrogens with two attached hydrogens (primary N) is 1. The molecule has 0 radical (unpaired) electrons. The standard InChI is InChI=1S/C11H22N2O3/c1-2-3-9(6-12)11(14)13-7-10-8-15-4-5-16-10/h9-10H,2-8,12H2,1H3,(H,13,14). The van der Waals surface area contributed by atoms with Crippen LogP contribution < -0.4 is 11.1 Å². The Kier molecular flexibility index (Phi) is 6.37. The first-order chi connectivity index (χ1) is 7.77. The van der Waals surface area contributed by atoms with Crippen molar-refractivity contribution in [3.05, 3.63) is 0 Å². The second-order valence-corrected chi connectivity index (χ2v) is 4.03. The van der Waals surface area contributed by atoms with Gasteiger partial charge in [0, 0.05) is 13.1 Å². The van der Waals surface area contributed by atoms with E-state index < -0.39 is 0 Å². The van der Waals surface area contributed by atoms with Crippen molar-refractivity contribution in [3.8, 4) is 0 Å². The third-order valence-electron chi connectivity index (χ3n) is 2.68. The van der Waals surface area contributed by atoms with E-state index in [2.05, 4.69) is 5.32 Å². The molecule has 1 aliphatic heterocycles. The zero-order valence-electron chi connectivity index (χ0n) is 9.91. The van der Waals surface area contributed by atoms with Gasteiger partial charge in [0.05, 0.1) is 31.8 Å². The van der Waals surface area contributed by atoms with Crippen LogP contribution in [0.2, 0.25) is 0 Å². The number of carbonyl (C=O) groups excluding carboxylic acids is 1. The Morgan fingerprint density at radius 3 is 2.94 bits per heavy atom. The number of hydrogen-bond donors (Lipinski definition) is 2. The molecule has 16 heavy (non-hydrogen) atoms. The fraction of sp³-hybridized carbons (Fsp3) is 0.909. The second kappa shape index (κ2) is 7.60. The summed E-state index contributed by atoms with van der Waals surface area (Å²) in [5.74, 6) is -0.0481. The number of nitrogens with one attached hydrogen (secondary N) is 1. The average Bonchev–Trinajstić information content (AvgIpc) is 2.34. The monoisotopic (exact) mass is 230 g/mol. The van der Waals surface area contributed by atoms with Crippen molar-refractivity contribution in [3.63, 3.8) is 0 Å². The van der Waals surface area contributed by atoms with E-state index in [1.165, 1.54) is 0 Å². The zero-order chi connectivity index (χ0) is 11.8. The maximum absolute atomic E-state index is 11.7. The number of ether oxygens (including phenoxy) is 2. The molecule has 1 amide bonds. The van der Waals surface area contributed by atoms with Crippen molar-refractivity contribution in [1.29, 1.82) is 0 Å². The van der Waals surface area contributed by atoms with Gasteiger partial charge in [-0.15, -0.1) is 0 Å². The van der Waals surface area contributed by atoms with Gasteiger partial charge in [-0.05, 0) is 6.42 Å². The highest BCUT2D eigenvalue weighted by atomic mass is 16.6. The van der Waals surface area contributed by atoms with E-state index >= 15 is 0 Å². The second-order valence-electron chi connectivity index (χ2n) is 4.03. The molecule has 0 aliphatic carbocycles. The molecule has 5 heteroatoms. The fourth-order valence-electron chi connectivity index (χ4n) is 1.72. The lowest BCUT2D eigenvalue weighted by atomic mass is 10.0. The highest BCUT2D eigenvalue weighted by Crippen LogP contribution is 2.05. The van der Waals surface area contributed by atoms with Gasteiger partial charge < -0.3 is 20.5 Å². The third-order valence-corrected chi connectivity index (χ3v) is 2.68. The van der Waals surface area contributed by atoms with Crippen LogP contribution in [0.1, 0.15) is 19.8 Å². The van der Waals surface area contributed by atoms with E-state index in [-0.39, 0.29) is 17.9 Å². The van der Waals surface area contributed by atoms with E-state index in [0.29, 0.717) is 32.9 Å². The summed E-state index contributed by atoms with van der Waals surface area (Å²) in [6, 6.07) is 0. The number of carbonyl (C=O) groups is 1. The van der Waals surface area contributed by atoms with Crippen LogP contribution in [-0.2, 0) is 14.3 Å². The molecule has 0 saturated carbocycles. The number of rotatable bonds is 6. The van der Waals surface area contributed by atoms with Crippen LogP contribution in [0.5, 0.6) is 0 Å². The van der Waals surface area contributed by atoms with Gasteiger partial charge in [-0.25, -0.2) is 0 Å². The third kappa shape index (κ3) is 4.47. The van der Waals surface area contributed by atoms with Crippen LogP contribution in [-0.4, -0.2) is 44.9 Å². The summed E-state index contributed by atoms with van der Waals surface area (Å²) in [6.45, 7) is 4.78. The van der Waals surface area contributed by atoms with Crippen molar-refractivity contribution in [2.75, 3.05) is 32.9 Å².